The molecule has 19 heavy (non-hydrogen) atoms. The fourth-order valence-electron chi connectivity index (χ4n) is 1.76. The smallest absolute Gasteiger partial charge is 0.101 e. The van der Waals surface area contributed by atoms with Crippen LogP contribution in [-0.4, -0.2) is 11.7 Å². The number of hydrogen-bond donors (Lipinski definition) is 2. The van der Waals surface area contributed by atoms with Crippen LogP contribution in [0.2, 0.25) is 5.02 Å². The lowest BCUT2D eigenvalue weighted by molar-refractivity contribution is 0.191. The predicted octanol–water partition coefficient (Wildman–Crippen LogP) is 3.36. The van der Waals surface area contributed by atoms with Gasteiger partial charge in [-0.3, -0.25) is 0 Å². The Bertz CT molecular complexity index is 593. The molecular weight excluding hydrogens is 260 g/mol. The van der Waals surface area contributed by atoms with Crippen LogP contribution < -0.4 is 5.32 Å². The van der Waals surface area contributed by atoms with E-state index in [0.29, 0.717) is 22.8 Å². The van der Waals surface area contributed by atoms with Crippen molar-refractivity contribution in [2.75, 3.05) is 11.9 Å². The van der Waals surface area contributed by atoms with Crippen LogP contribution in [0.1, 0.15) is 17.2 Å². The van der Waals surface area contributed by atoms with E-state index in [1.165, 1.54) is 0 Å². The fraction of sp³-hybridized carbons (Fsp3) is 0.133. The van der Waals surface area contributed by atoms with Crippen molar-refractivity contribution >= 4 is 17.3 Å². The van der Waals surface area contributed by atoms with Crippen molar-refractivity contribution in [3.63, 3.8) is 0 Å². The van der Waals surface area contributed by atoms with Crippen LogP contribution in [0, 0.1) is 11.3 Å². The van der Waals surface area contributed by atoms with Gasteiger partial charge in [-0.05, 0) is 23.8 Å². The van der Waals surface area contributed by atoms with Gasteiger partial charge in [-0.25, -0.2) is 0 Å². The molecule has 0 aliphatic rings. The molecule has 1 atom stereocenters. The number of nitrogens with zero attached hydrogens (tertiary/aromatic N) is 1. The Hall–Kier alpha value is -2.02. The van der Waals surface area contributed by atoms with E-state index in [1.54, 1.807) is 18.2 Å². The maximum absolute atomic E-state index is 10.0. The van der Waals surface area contributed by atoms with E-state index in [-0.39, 0.29) is 0 Å². The molecule has 0 radical (unpaired) electrons. The van der Waals surface area contributed by atoms with E-state index in [4.69, 9.17) is 16.9 Å². The zero-order valence-corrected chi connectivity index (χ0v) is 10.9. The molecule has 2 N–H and O–H groups in total. The Morgan fingerprint density at radius 3 is 2.63 bits per heavy atom. The molecule has 4 heteroatoms. The number of rotatable bonds is 4. The molecule has 0 bridgehead atoms. The minimum absolute atomic E-state index is 0.334. The number of aliphatic hydroxyl groups excluding tert-OH is 1. The summed E-state index contributed by atoms with van der Waals surface area (Å²) in [6, 6.07) is 16.5. The molecule has 0 saturated heterocycles. The molecule has 2 aromatic rings. The van der Waals surface area contributed by atoms with Gasteiger partial charge in [-0.1, -0.05) is 41.9 Å². The van der Waals surface area contributed by atoms with Gasteiger partial charge in [0.1, 0.15) is 6.07 Å². The average molecular weight is 273 g/mol. The van der Waals surface area contributed by atoms with Crippen molar-refractivity contribution in [2.24, 2.45) is 0 Å². The molecule has 0 aromatic heterocycles. The van der Waals surface area contributed by atoms with E-state index < -0.39 is 6.10 Å². The molecule has 0 amide bonds. The van der Waals surface area contributed by atoms with Crippen LogP contribution in [0.25, 0.3) is 0 Å². The van der Waals surface area contributed by atoms with Gasteiger partial charge in [-0.2, -0.15) is 5.26 Å². The predicted molar refractivity (Wildman–Crippen MR) is 76.1 cm³/mol. The number of halogens is 1. The minimum atomic E-state index is -0.622. The highest BCUT2D eigenvalue weighted by Crippen LogP contribution is 2.21. The largest absolute Gasteiger partial charge is 0.387 e. The first-order valence-electron chi connectivity index (χ1n) is 5.87. The lowest BCUT2D eigenvalue weighted by Crippen LogP contribution is -2.12. The number of nitriles is 1. The molecule has 1 unspecified atom stereocenters. The highest BCUT2D eigenvalue weighted by Gasteiger charge is 2.08. The molecule has 0 fully saturated rings. The van der Waals surface area contributed by atoms with Gasteiger partial charge in [0.05, 0.1) is 17.4 Å². The van der Waals surface area contributed by atoms with Gasteiger partial charge < -0.3 is 10.4 Å². The number of benzene rings is 2. The zero-order valence-electron chi connectivity index (χ0n) is 10.2. The number of hydrogen-bond acceptors (Lipinski definition) is 3. The SMILES string of the molecule is N#Cc1cc(Cl)ccc1NCC(O)c1ccccc1. The van der Waals surface area contributed by atoms with Gasteiger partial charge in [-0.15, -0.1) is 0 Å². The second kappa shape index (κ2) is 6.24. The molecular formula is C15H13ClN2O. The Balaban J connectivity index is 2.05. The molecule has 0 heterocycles. The summed E-state index contributed by atoms with van der Waals surface area (Å²) in [5.41, 5.74) is 1.97. The summed E-state index contributed by atoms with van der Waals surface area (Å²) in [5, 5.41) is 22.6. The number of nitrogens with one attached hydrogen (secondary N) is 1. The van der Waals surface area contributed by atoms with E-state index in [0.717, 1.165) is 5.56 Å². The van der Waals surface area contributed by atoms with Crippen LogP contribution in [0.5, 0.6) is 0 Å². The second-order valence-electron chi connectivity index (χ2n) is 4.11. The second-order valence-corrected chi connectivity index (χ2v) is 4.55. The first-order chi connectivity index (χ1) is 9.20. The summed E-state index contributed by atoms with van der Waals surface area (Å²) < 4.78 is 0. The molecule has 0 spiro atoms. The third kappa shape index (κ3) is 3.47. The summed E-state index contributed by atoms with van der Waals surface area (Å²) in [7, 11) is 0. The van der Waals surface area contributed by atoms with Crippen LogP contribution in [-0.2, 0) is 0 Å². The standard InChI is InChI=1S/C15H13ClN2O/c16-13-6-7-14(12(8-13)9-17)18-10-15(19)11-4-2-1-3-5-11/h1-8,15,18-19H,10H2. The van der Waals surface area contributed by atoms with Crippen LogP contribution in [0.4, 0.5) is 5.69 Å². The summed E-state index contributed by atoms with van der Waals surface area (Å²) in [6.07, 6.45) is -0.622. The molecule has 0 saturated carbocycles. The molecule has 2 rings (SSSR count). The maximum Gasteiger partial charge on any atom is 0.101 e. The van der Waals surface area contributed by atoms with Gasteiger partial charge in [0.2, 0.25) is 0 Å². The summed E-state index contributed by atoms with van der Waals surface area (Å²) >= 11 is 5.83. The van der Waals surface area contributed by atoms with Crippen LogP contribution in [0.3, 0.4) is 0 Å². The first-order valence-corrected chi connectivity index (χ1v) is 6.25. The number of aliphatic hydroxyl groups is 1. The fourth-order valence-corrected chi connectivity index (χ4v) is 1.93. The highest BCUT2D eigenvalue weighted by molar-refractivity contribution is 6.30. The maximum atomic E-state index is 10.0. The Kier molecular flexibility index (Phi) is 4.40. The Labute approximate surface area is 117 Å². The quantitative estimate of drug-likeness (QED) is 0.897. The third-order valence-electron chi connectivity index (χ3n) is 2.77. The Morgan fingerprint density at radius 1 is 1.21 bits per heavy atom. The zero-order chi connectivity index (χ0) is 13.7. The van der Waals surface area contributed by atoms with Crippen LogP contribution in [0.15, 0.2) is 48.5 Å². The van der Waals surface area contributed by atoms with Crippen molar-refractivity contribution in [3.8, 4) is 6.07 Å². The van der Waals surface area contributed by atoms with E-state index >= 15 is 0 Å². The summed E-state index contributed by atoms with van der Waals surface area (Å²) in [6.45, 7) is 0.334. The average Bonchev–Trinajstić information content (AvgIpc) is 2.46. The van der Waals surface area contributed by atoms with E-state index in [2.05, 4.69) is 11.4 Å². The molecule has 3 nitrogen and oxygen atoms in total. The van der Waals surface area contributed by atoms with Gasteiger partial charge in [0.25, 0.3) is 0 Å². The molecule has 0 aliphatic carbocycles. The van der Waals surface area contributed by atoms with E-state index in [1.807, 2.05) is 30.3 Å². The molecule has 96 valence electrons. The molecule has 2 aromatic carbocycles. The minimum Gasteiger partial charge on any atom is -0.387 e. The van der Waals surface area contributed by atoms with Crippen molar-refractivity contribution in [2.45, 2.75) is 6.10 Å². The first kappa shape index (κ1) is 13.4. The summed E-state index contributed by atoms with van der Waals surface area (Å²) in [4.78, 5) is 0. The normalized spacial score (nSPS) is 11.6. The van der Waals surface area contributed by atoms with E-state index in [9.17, 15) is 5.11 Å². The van der Waals surface area contributed by atoms with Crippen LogP contribution >= 0.6 is 11.6 Å². The van der Waals surface area contributed by atoms with Gasteiger partial charge in [0, 0.05) is 11.6 Å². The lowest BCUT2D eigenvalue weighted by Gasteiger charge is -2.14. The Morgan fingerprint density at radius 2 is 1.95 bits per heavy atom. The topological polar surface area (TPSA) is 56.0 Å². The molecule has 0 aliphatic heterocycles. The van der Waals surface area contributed by atoms with Crippen molar-refractivity contribution < 1.29 is 5.11 Å². The number of anilines is 1. The lowest BCUT2D eigenvalue weighted by atomic mass is 10.1. The monoisotopic (exact) mass is 272 g/mol. The summed E-state index contributed by atoms with van der Waals surface area (Å²) in [5.74, 6) is 0. The van der Waals surface area contributed by atoms with Gasteiger partial charge in [0.15, 0.2) is 0 Å². The third-order valence-corrected chi connectivity index (χ3v) is 3.01. The van der Waals surface area contributed by atoms with Crippen molar-refractivity contribution in [3.05, 3.63) is 64.7 Å². The van der Waals surface area contributed by atoms with Crippen molar-refractivity contribution in [1.82, 2.24) is 0 Å². The highest BCUT2D eigenvalue weighted by atomic mass is 35.5. The van der Waals surface area contributed by atoms with Crippen molar-refractivity contribution in [1.29, 1.82) is 5.26 Å². The van der Waals surface area contributed by atoms with Gasteiger partial charge >= 0.3 is 0 Å².